The zero-order valence-corrected chi connectivity index (χ0v) is 11.4. The Labute approximate surface area is 108 Å². The molecule has 0 saturated heterocycles. The van der Waals surface area contributed by atoms with E-state index in [0.717, 1.165) is 5.56 Å². The largest absolute Gasteiger partial charge is 0.348 e. The minimum absolute atomic E-state index is 0.00267. The van der Waals surface area contributed by atoms with Crippen molar-refractivity contribution in [2.75, 3.05) is 0 Å². The Morgan fingerprint density at radius 2 is 1.82 bits per heavy atom. The molecule has 2 nitrogen and oxygen atoms in total. The fourth-order valence-corrected chi connectivity index (χ4v) is 2.07. The van der Waals surface area contributed by atoms with Crippen LogP contribution in [0.3, 0.4) is 0 Å². The normalized spacial score (nSPS) is 14.4. The van der Waals surface area contributed by atoms with E-state index in [9.17, 15) is 4.79 Å². The summed E-state index contributed by atoms with van der Waals surface area (Å²) in [6.07, 6.45) is 0.703. The van der Waals surface area contributed by atoms with Gasteiger partial charge in [-0.1, -0.05) is 44.2 Å². The molecule has 0 heterocycles. The van der Waals surface area contributed by atoms with E-state index in [-0.39, 0.29) is 11.9 Å². The summed E-state index contributed by atoms with van der Waals surface area (Å²) in [7, 11) is 0. The minimum Gasteiger partial charge on any atom is -0.348 e. The van der Waals surface area contributed by atoms with Crippen molar-refractivity contribution in [3.63, 3.8) is 0 Å². The standard InChI is InChI=1S/C14H20ClNO/c1-10(2)9-13(15)14(17)16-11(3)12-7-5-4-6-8-12/h4-8,10-11,13H,9H2,1-3H3,(H,16,17)/t11-,13-/m0/s1. The Bertz CT molecular complexity index is 350. The first-order chi connectivity index (χ1) is 8.00. The van der Waals surface area contributed by atoms with Gasteiger partial charge in [0.15, 0.2) is 0 Å². The summed E-state index contributed by atoms with van der Waals surface area (Å²) < 4.78 is 0. The number of hydrogen-bond acceptors (Lipinski definition) is 1. The minimum atomic E-state index is -0.443. The number of carbonyl (C=O) groups excluding carboxylic acids is 1. The van der Waals surface area contributed by atoms with Crippen molar-refractivity contribution in [1.82, 2.24) is 5.32 Å². The van der Waals surface area contributed by atoms with Gasteiger partial charge in [0.1, 0.15) is 5.38 Å². The van der Waals surface area contributed by atoms with Crippen LogP contribution in [0.5, 0.6) is 0 Å². The molecule has 0 aliphatic rings. The quantitative estimate of drug-likeness (QED) is 0.800. The van der Waals surface area contributed by atoms with Crippen molar-refractivity contribution < 1.29 is 4.79 Å². The molecule has 0 unspecified atom stereocenters. The first-order valence-electron chi connectivity index (χ1n) is 6.00. The Hall–Kier alpha value is -1.02. The van der Waals surface area contributed by atoms with Gasteiger partial charge in [-0.25, -0.2) is 0 Å². The van der Waals surface area contributed by atoms with Gasteiger partial charge in [-0.05, 0) is 24.8 Å². The van der Waals surface area contributed by atoms with Crippen molar-refractivity contribution >= 4 is 17.5 Å². The average Bonchev–Trinajstić information content (AvgIpc) is 2.29. The SMILES string of the molecule is CC(C)C[C@H](Cl)C(=O)N[C@@H](C)c1ccccc1. The maximum Gasteiger partial charge on any atom is 0.238 e. The maximum atomic E-state index is 11.8. The van der Waals surface area contributed by atoms with Crippen LogP contribution in [0, 0.1) is 5.92 Å². The second-order valence-electron chi connectivity index (χ2n) is 4.74. The fraction of sp³-hybridized carbons (Fsp3) is 0.500. The van der Waals surface area contributed by atoms with Gasteiger partial charge in [0, 0.05) is 0 Å². The van der Waals surface area contributed by atoms with Gasteiger partial charge in [0.2, 0.25) is 5.91 Å². The zero-order chi connectivity index (χ0) is 12.8. The van der Waals surface area contributed by atoms with Gasteiger partial charge in [0.05, 0.1) is 6.04 Å². The lowest BCUT2D eigenvalue weighted by molar-refractivity contribution is -0.121. The predicted molar refractivity (Wildman–Crippen MR) is 72.1 cm³/mol. The first-order valence-corrected chi connectivity index (χ1v) is 6.43. The van der Waals surface area contributed by atoms with Crippen LogP contribution in [-0.2, 0) is 4.79 Å². The van der Waals surface area contributed by atoms with E-state index >= 15 is 0 Å². The smallest absolute Gasteiger partial charge is 0.238 e. The van der Waals surface area contributed by atoms with Crippen LogP contribution < -0.4 is 5.32 Å². The molecule has 94 valence electrons. The van der Waals surface area contributed by atoms with Crippen LogP contribution >= 0.6 is 11.6 Å². The second-order valence-corrected chi connectivity index (χ2v) is 5.26. The molecular weight excluding hydrogens is 234 g/mol. The third kappa shape index (κ3) is 4.78. The summed E-state index contributed by atoms with van der Waals surface area (Å²) in [5, 5.41) is 2.49. The van der Waals surface area contributed by atoms with E-state index in [1.807, 2.05) is 37.3 Å². The number of hydrogen-bond donors (Lipinski definition) is 1. The molecule has 0 saturated carbocycles. The molecule has 1 aromatic carbocycles. The Morgan fingerprint density at radius 1 is 1.24 bits per heavy atom. The number of amides is 1. The molecule has 1 rings (SSSR count). The molecule has 17 heavy (non-hydrogen) atoms. The highest BCUT2D eigenvalue weighted by atomic mass is 35.5. The van der Waals surface area contributed by atoms with Gasteiger partial charge in [-0.3, -0.25) is 4.79 Å². The topological polar surface area (TPSA) is 29.1 Å². The summed E-state index contributed by atoms with van der Waals surface area (Å²) in [5.41, 5.74) is 1.09. The van der Waals surface area contributed by atoms with Crippen molar-refractivity contribution in [3.05, 3.63) is 35.9 Å². The first kappa shape index (κ1) is 14.0. The summed E-state index contributed by atoms with van der Waals surface area (Å²) >= 11 is 6.05. The molecule has 1 aromatic rings. The molecular formula is C14H20ClNO. The molecule has 3 heteroatoms. The number of nitrogens with one attached hydrogen (secondary N) is 1. The molecule has 0 bridgehead atoms. The Balaban J connectivity index is 2.51. The van der Waals surface area contributed by atoms with Crippen molar-refractivity contribution in [2.24, 2.45) is 5.92 Å². The molecule has 1 N–H and O–H groups in total. The van der Waals surface area contributed by atoms with Gasteiger partial charge in [-0.15, -0.1) is 11.6 Å². The highest BCUT2D eigenvalue weighted by Crippen LogP contribution is 2.15. The molecule has 0 spiro atoms. The van der Waals surface area contributed by atoms with E-state index in [2.05, 4.69) is 19.2 Å². The molecule has 0 radical (unpaired) electrons. The molecule has 0 aromatic heterocycles. The van der Waals surface area contributed by atoms with Crippen LogP contribution in [-0.4, -0.2) is 11.3 Å². The molecule has 2 atom stereocenters. The monoisotopic (exact) mass is 253 g/mol. The van der Waals surface area contributed by atoms with Gasteiger partial charge in [0.25, 0.3) is 0 Å². The summed E-state index contributed by atoms with van der Waals surface area (Å²) in [6, 6.07) is 9.88. The zero-order valence-electron chi connectivity index (χ0n) is 10.6. The lowest BCUT2D eigenvalue weighted by atomic mass is 10.1. The van der Waals surface area contributed by atoms with Crippen LogP contribution in [0.25, 0.3) is 0 Å². The summed E-state index contributed by atoms with van der Waals surface area (Å²) in [6.45, 7) is 6.08. The van der Waals surface area contributed by atoms with Gasteiger partial charge < -0.3 is 5.32 Å². The van der Waals surface area contributed by atoms with E-state index in [1.54, 1.807) is 0 Å². The molecule has 0 fully saturated rings. The van der Waals surface area contributed by atoms with E-state index in [1.165, 1.54) is 0 Å². The number of benzene rings is 1. The highest BCUT2D eigenvalue weighted by molar-refractivity contribution is 6.30. The lowest BCUT2D eigenvalue weighted by Gasteiger charge is -2.17. The maximum absolute atomic E-state index is 11.8. The highest BCUT2D eigenvalue weighted by Gasteiger charge is 2.18. The third-order valence-corrected chi connectivity index (χ3v) is 3.00. The van der Waals surface area contributed by atoms with Crippen LogP contribution in [0.1, 0.15) is 38.8 Å². The molecule has 0 aliphatic heterocycles. The van der Waals surface area contributed by atoms with E-state index in [4.69, 9.17) is 11.6 Å². The summed E-state index contributed by atoms with van der Waals surface area (Å²) in [4.78, 5) is 11.8. The molecule has 0 aliphatic carbocycles. The van der Waals surface area contributed by atoms with Crippen LogP contribution in [0.2, 0.25) is 0 Å². The van der Waals surface area contributed by atoms with Crippen molar-refractivity contribution in [2.45, 2.75) is 38.6 Å². The Kier molecular flexibility index (Phi) is 5.49. The van der Waals surface area contributed by atoms with Crippen molar-refractivity contribution in [1.29, 1.82) is 0 Å². The molecule has 1 amide bonds. The number of halogens is 1. The number of rotatable bonds is 5. The van der Waals surface area contributed by atoms with Gasteiger partial charge >= 0.3 is 0 Å². The lowest BCUT2D eigenvalue weighted by Crippen LogP contribution is -2.34. The number of alkyl halides is 1. The third-order valence-electron chi connectivity index (χ3n) is 2.62. The second kappa shape index (κ2) is 6.65. The number of carbonyl (C=O) groups is 1. The van der Waals surface area contributed by atoms with Gasteiger partial charge in [-0.2, -0.15) is 0 Å². The summed E-state index contributed by atoms with van der Waals surface area (Å²) in [5.74, 6) is 0.340. The van der Waals surface area contributed by atoms with Crippen LogP contribution in [0.4, 0.5) is 0 Å². The van der Waals surface area contributed by atoms with Crippen LogP contribution in [0.15, 0.2) is 30.3 Å². The van der Waals surface area contributed by atoms with E-state index in [0.29, 0.717) is 12.3 Å². The van der Waals surface area contributed by atoms with Crippen molar-refractivity contribution in [3.8, 4) is 0 Å². The average molecular weight is 254 g/mol. The predicted octanol–water partition coefficient (Wildman–Crippen LogP) is 3.52. The Morgan fingerprint density at radius 3 is 2.35 bits per heavy atom. The fourth-order valence-electron chi connectivity index (χ4n) is 1.65. The van der Waals surface area contributed by atoms with E-state index < -0.39 is 5.38 Å².